The number of hydrogen-bond acceptors (Lipinski definition) is 4. The highest BCUT2D eigenvalue weighted by Crippen LogP contribution is 2.30. The molecule has 1 fully saturated rings. The molecule has 1 aromatic rings. The molecule has 2 N–H and O–H groups in total. The fraction of sp³-hybridized carbons (Fsp3) is 0.643. The quantitative estimate of drug-likeness (QED) is 0.887. The summed E-state index contributed by atoms with van der Waals surface area (Å²) in [5.41, 5.74) is 5.91. The van der Waals surface area contributed by atoms with Gasteiger partial charge >= 0.3 is 0 Å². The van der Waals surface area contributed by atoms with Crippen molar-refractivity contribution in [3.05, 3.63) is 23.7 Å². The first kappa shape index (κ1) is 14.1. The summed E-state index contributed by atoms with van der Waals surface area (Å²) in [6, 6.07) is 3.82. The van der Waals surface area contributed by atoms with Gasteiger partial charge in [-0.05, 0) is 38.4 Å². The van der Waals surface area contributed by atoms with Gasteiger partial charge in [-0.25, -0.2) is 0 Å². The van der Waals surface area contributed by atoms with E-state index in [0.29, 0.717) is 6.54 Å². The summed E-state index contributed by atoms with van der Waals surface area (Å²) in [6.07, 6.45) is 1.92. The number of furan rings is 1. The summed E-state index contributed by atoms with van der Waals surface area (Å²) in [5, 5.41) is 0. The number of carbonyl (C=O) groups is 1. The number of aryl methyl sites for hydroxylation is 1. The van der Waals surface area contributed by atoms with Crippen LogP contribution < -0.4 is 5.73 Å². The summed E-state index contributed by atoms with van der Waals surface area (Å²) < 4.78 is 5.69. The fourth-order valence-corrected chi connectivity index (χ4v) is 2.77. The maximum atomic E-state index is 12.2. The molecule has 2 rings (SSSR count). The van der Waals surface area contributed by atoms with Crippen LogP contribution in [0.5, 0.6) is 0 Å². The first-order valence-corrected chi connectivity index (χ1v) is 6.78. The molecule has 0 aliphatic carbocycles. The zero-order valence-corrected chi connectivity index (χ0v) is 11.9. The normalized spacial score (nSPS) is 21.6. The first-order chi connectivity index (χ1) is 9.04. The van der Waals surface area contributed by atoms with Crippen LogP contribution in [0.1, 0.15) is 30.4 Å². The van der Waals surface area contributed by atoms with E-state index in [1.54, 1.807) is 19.0 Å². The van der Waals surface area contributed by atoms with E-state index in [1.165, 1.54) is 0 Å². The number of likely N-dealkylation sites (tertiary alicyclic amines) is 1. The van der Waals surface area contributed by atoms with Crippen LogP contribution in [-0.4, -0.2) is 48.9 Å². The number of amides is 1. The van der Waals surface area contributed by atoms with Crippen molar-refractivity contribution in [2.24, 2.45) is 5.73 Å². The molecule has 19 heavy (non-hydrogen) atoms. The van der Waals surface area contributed by atoms with Crippen molar-refractivity contribution in [1.82, 2.24) is 9.80 Å². The van der Waals surface area contributed by atoms with Gasteiger partial charge in [-0.15, -0.1) is 0 Å². The highest BCUT2D eigenvalue weighted by atomic mass is 16.3. The molecule has 0 spiro atoms. The summed E-state index contributed by atoms with van der Waals surface area (Å²) in [5.74, 6) is 1.89. The Hall–Kier alpha value is -1.33. The Morgan fingerprint density at radius 1 is 1.58 bits per heavy atom. The second-order valence-corrected chi connectivity index (χ2v) is 5.33. The maximum absolute atomic E-state index is 12.2. The lowest BCUT2D eigenvalue weighted by molar-refractivity contribution is -0.134. The summed E-state index contributed by atoms with van der Waals surface area (Å²) >= 11 is 0. The predicted molar refractivity (Wildman–Crippen MR) is 73.7 cm³/mol. The van der Waals surface area contributed by atoms with Gasteiger partial charge in [0, 0.05) is 20.6 Å². The van der Waals surface area contributed by atoms with Gasteiger partial charge in [-0.1, -0.05) is 0 Å². The van der Waals surface area contributed by atoms with E-state index in [9.17, 15) is 4.79 Å². The summed E-state index contributed by atoms with van der Waals surface area (Å²) in [4.78, 5) is 16.1. The molecule has 106 valence electrons. The topological polar surface area (TPSA) is 62.7 Å². The van der Waals surface area contributed by atoms with Crippen LogP contribution in [0.2, 0.25) is 0 Å². The number of carbonyl (C=O) groups excluding carboxylic acids is 1. The van der Waals surface area contributed by atoms with Gasteiger partial charge in [0.25, 0.3) is 0 Å². The third-order valence-electron chi connectivity index (χ3n) is 3.73. The largest absolute Gasteiger partial charge is 0.465 e. The Balaban J connectivity index is 2.20. The Labute approximate surface area is 114 Å². The molecular weight excluding hydrogens is 242 g/mol. The van der Waals surface area contributed by atoms with Gasteiger partial charge in [0.15, 0.2) is 0 Å². The predicted octanol–water partition coefficient (Wildman–Crippen LogP) is 1.14. The van der Waals surface area contributed by atoms with Crippen LogP contribution in [0.15, 0.2) is 16.5 Å². The molecule has 1 aliphatic rings. The summed E-state index contributed by atoms with van der Waals surface area (Å²) in [6.45, 7) is 3.28. The lowest BCUT2D eigenvalue weighted by Crippen LogP contribution is -2.45. The monoisotopic (exact) mass is 265 g/mol. The van der Waals surface area contributed by atoms with Gasteiger partial charge in [-0.2, -0.15) is 0 Å². The third kappa shape index (κ3) is 2.82. The average Bonchev–Trinajstić information content (AvgIpc) is 2.99. The minimum absolute atomic E-state index is 0.00917. The smallest absolute Gasteiger partial charge is 0.239 e. The van der Waals surface area contributed by atoms with Crippen molar-refractivity contribution in [1.29, 1.82) is 0 Å². The third-order valence-corrected chi connectivity index (χ3v) is 3.73. The van der Waals surface area contributed by atoms with Gasteiger partial charge in [0.2, 0.25) is 5.91 Å². The number of likely N-dealkylation sites (N-methyl/N-ethyl adjacent to an activating group) is 1. The number of nitrogens with two attached hydrogens (primary N) is 1. The van der Waals surface area contributed by atoms with Gasteiger partial charge in [0.1, 0.15) is 11.5 Å². The van der Waals surface area contributed by atoms with Crippen LogP contribution in [-0.2, 0) is 4.79 Å². The van der Waals surface area contributed by atoms with E-state index in [4.69, 9.17) is 10.2 Å². The number of hydrogen-bond donors (Lipinski definition) is 1. The Morgan fingerprint density at radius 2 is 2.32 bits per heavy atom. The molecule has 2 atom stereocenters. The molecule has 0 aromatic carbocycles. The van der Waals surface area contributed by atoms with Crippen LogP contribution in [0.4, 0.5) is 0 Å². The van der Waals surface area contributed by atoms with E-state index in [-0.39, 0.29) is 18.0 Å². The zero-order chi connectivity index (χ0) is 14.0. The first-order valence-electron chi connectivity index (χ1n) is 6.78. The lowest BCUT2D eigenvalue weighted by Gasteiger charge is -2.31. The molecule has 0 radical (unpaired) electrons. The lowest BCUT2D eigenvalue weighted by atomic mass is 10.1. The molecule has 1 amide bonds. The molecule has 5 heteroatoms. The van der Waals surface area contributed by atoms with Crippen molar-refractivity contribution in [2.75, 3.05) is 27.2 Å². The molecule has 1 saturated heterocycles. The van der Waals surface area contributed by atoms with Crippen LogP contribution in [0.25, 0.3) is 0 Å². The number of nitrogens with zero attached hydrogens (tertiary/aromatic N) is 2. The van der Waals surface area contributed by atoms with Gasteiger partial charge in [-0.3, -0.25) is 9.69 Å². The minimum Gasteiger partial charge on any atom is -0.465 e. The zero-order valence-electron chi connectivity index (χ0n) is 11.9. The fourth-order valence-electron chi connectivity index (χ4n) is 2.77. The molecule has 2 unspecified atom stereocenters. The van der Waals surface area contributed by atoms with E-state index >= 15 is 0 Å². The van der Waals surface area contributed by atoms with Crippen molar-refractivity contribution in [2.45, 2.75) is 31.8 Å². The Bertz CT molecular complexity index is 442. The highest BCUT2D eigenvalue weighted by Gasteiger charge is 2.37. The van der Waals surface area contributed by atoms with E-state index in [2.05, 4.69) is 4.90 Å². The SMILES string of the molecule is Cc1ccc(C(CN)N2CCCC2C(=O)N(C)C)o1. The van der Waals surface area contributed by atoms with Crippen LogP contribution in [0, 0.1) is 6.92 Å². The van der Waals surface area contributed by atoms with Crippen LogP contribution >= 0.6 is 0 Å². The second kappa shape index (κ2) is 5.75. The van der Waals surface area contributed by atoms with Crippen molar-refractivity contribution < 1.29 is 9.21 Å². The van der Waals surface area contributed by atoms with Gasteiger partial charge in [0.05, 0.1) is 12.1 Å². The average molecular weight is 265 g/mol. The van der Waals surface area contributed by atoms with Crippen molar-refractivity contribution >= 4 is 5.91 Å². The molecule has 1 aliphatic heterocycles. The molecular formula is C14H23N3O2. The van der Waals surface area contributed by atoms with Crippen LogP contribution in [0.3, 0.4) is 0 Å². The van der Waals surface area contributed by atoms with Crippen molar-refractivity contribution in [3.63, 3.8) is 0 Å². The molecule has 0 bridgehead atoms. The Morgan fingerprint density at radius 3 is 2.84 bits per heavy atom. The summed E-state index contributed by atoms with van der Waals surface area (Å²) in [7, 11) is 3.60. The van der Waals surface area contributed by atoms with Gasteiger partial charge < -0.3 is 15.1 Å². The number of rotatable bonds is 4. The van der Waals surface area contributed by atoms with Crippen molar-refractivity contribution in [3.8, 4) is 0 Å². The second-order valence-electron chi connectivity index (χ2n) is 5.33. The minimum atomic E-state index is -0.0750. The maximum Gasteiger partial charge on any atom is 0.239 e. The van der Waals surface area contributed by atoms with E-state index in [0.717, 1.165) is 30.9 Å². The molecule has 0 saturated carbocycles. The highest BCUT2D eigenvalue weighted by molar-refractivity contribution is 5.81. The molecule has 1 aromatic heterocycles. The molecule has 5 nitrogen and oxygen atoms in total. The molecule has 2 heterocycles. The Kier molecular flexibility index (Phi) is 4.27. The standard InChI is InChI=1S/C14H23N3O2/c1-10-6-7-13(19-10)12(9-15)17-8-4-5-11(17)14(18)16(2)3/h6-7,11-12H,4-5,8-9,15H2,1-3H3. The van der Waals surface area contributed by atoms with E-state index in [1.807, 2.05) is 19.1 Å². The van der Waals surface area contributed by atoms with E-state index < -0.39 is 0 Å².